The molecule has 0 amide bonds. The molecule has 6 nitrogen and oxygen atoms in total. The van der Waals surface area contributed by atoms with Crippen molar-refractivity contribution in [3.8, 4) is 0 Å². The zero-order valence-electron chi connectivity index (χ0n) is 9.98. The van der Waals surface area contributed by atoms with Gasteiger partial charge in [-0.05, 0) is 18.2 Å². The lowest BCUT2D eigenvalue weighted by atomic mass is 9.98. The molecule has 1 saturated heterocycles. The van der Waals surface area contributed by atoms with Gasteiger partial charge in [0, 0.05) is 10.7 Å². The third-order valence-corrected chi connectivity index (χ3v) is 3.26. The Labute approximate surface area is 115 Å². The van der Waals surface area contributed by atoms with Gasteiger partial charge in [-0.2, -0.15) is 0 Å². The highest BCUT2D eigenvalue weighted by Crippen LogP contribution is 2.23. The monoisotopic (exact) mass is 289 g/mol. The first kappa shape index (κ1) is 14.5. The summed E-state index contributed by atoms with van der Waals surface area (Å²) in [6, 6.07) is 6.75. The van der Waals surface area contributed by atoms with E-state index in [9.17, 15) is 15.3 Å². The van der Waals surface area contributed by atoms with Crippen molar-refractivity contribution < 1.29 is 25.2 Å². The first-order chi connectivity index (χ1) is 9.02. The van der Waals surface area contributed by atoms with Gasteiger partial charge in [0.2, 0.25) is 0 Å². The van der Waals surface area contributed by atoms with Gasteiger partial charge < -0.3 is 30.5 Å². The fourth-order valence-corrected chi connectivity index (χ4v) is 2.15. The van der Waals surface area contributed by atoms with Crippen molar-refractivity contribution >= 4 is 17.3 Å². The second kappa shape index (κ2) is 6.04. The molecule has 2 rings (SSSR count). The number of anilines is 1. The first-order valence-corrected chi connectivity index (χ1v) is 6.23. The molecule has 1 heterocycles. The minimum absolute atomic E-state index is 0.460. The molecule has 5 N–H and O–H groups in total. The van der Waals surface area contributed by atoms with E-state index >= 15 is 0 Å². The molecule has 0 aliphatic carbocycles. The normalized spacial score (nSPS) is 35.1. The van der Waals surface area contributed by atoms with Gasteiger partial charge in [0.1, 0.15) is 24.4 Å². The van der Waals surface area contributed by atoms with Gasteiger partial charge in [-0.25, -0.2) is 0 Å². The number of rotatable bonds is 3. The second-order valence-corrected chi connectivity index (χ2v) is 4.84. The molecule has 1 aromatic rings. The average Bonchev–Trinajstić information content (AvgIpc) is 2.39. The Bertz CT molecular complexity index is 430. The number of halogens is 1. The summed E-state index contributed by atoms with van der Waals surface area (Å²) in [5, 5.41) is 41.5. The molecule has 5 atom stereocenters. The quantitative estimate of drug-likeness (QED) is 0.517. The predicted molar refractivity (Wildman–Crippen MR) is 68.8 cm³/mol. The van der Waals surface area contributed by atoms with E-state index < -0.39 is 37.3 Å². The van der Waals surface area contributed by atoms with Crippen LogP contribution in [0.1, 0.15) is 0 Å². The summed E-state index contributed by atoms with van der Waals surface area (Å²) in [4.78, 5) is 0. The Balaban J connectivity index is 2.10. The summed E-state index contributed by atoms with van der Waals surface area (Å²) in [5.41, 5.74) is 0.594. The van der Waals surface area contributed by atoms with Crippen molar-refractivity contribution in [2.24, 2.45) is 0 Å². The predicted octanol–water partition coefficient (Wildman–Crippen LogP) is -0.448. The zero-order valence-corrected chi connectivity index (χ0v) is 10.7. The van der Waals surface area contributed by atoms with Crippen LogP contribution in [0.3, 0.4) is 0 Å². The third-order valence-electron chi connectivity index (χ3n) is 3.03. The highest BCUT2D eigenvalue weighted by Gasteiger charge is 2.43. The van der Waals surface area contributed by atoms with E-state index in [1.807, 2.05) is 0 Å². The highest BCUT2D eigenvalue weighted by molar-refractivity contribution is 6.30. The second-order valence-electron chi connectivity index (χ2n) is 4.40. The number of ether oxygens (including phenoxy) is 1. The Morgan fingerprint density at radius 2 is 1.89 bits per heavy atom. The number of aliphatic hydroxyl groups excluding tert-OH is 4. The lowest BCUT2D eigenvalue weighted by Crippen LogP contribution is -2.60. The molecule has 0 spiro atoms. The molecule has 0 unspecified atom stereocenters. The molecule has 7 heteroatoms. The minimum atomic E-state index is -1.40. The number of benzene rings is 1. The fraction of sp³-hybridized carbons (Fsp3) is 0.500. The maximum absolute atomic E-state index is 9.84. The molecule has 0 saturated carbocycles. The summed E-state index contributed by atoms with van der Waals surface area (Å²) in [7, 11) is 0. The SMILES string of the molecule is OC[C@H]1O[C@@H](Nc2cccc(Cl)c2)[C@@H](O)[C@@H](O)[C@@H]1O. The van der Waals surface area contributed by atoms with Crippen LogP contribution in [0.2, 0.25) is 5.02 Å². The van der Waals surface area contributed by atoms with Gasteiger partial charge >= 0.3 is 0 Å². The molecule has 106 valence electrons. The number of hydrogen-bond donors (Lipinski definition) is 5. The summed E-state index contributed by atoms with van der Waals surface area (Å²) < 4.78 is 5.31. The van der Waals surface area contributed by atoms with Gasteiger partial charge in [-0.1, -0.05) is 17.7 Å². The zero-order chi connectivity index (χ0) is 14.0. The molecular formula is C12H16ClNO5. The third kappa shape index (κ3) is 3.17. The van der Waals surface area contributed by atoms with Crippen molar-refractivity contribution in [1.29, 1.82) is 0 Å². The minimum Gasteiger partial charge on any atom is -0.394 e. The molecule has 1 fully saturated rings. The van der Waals surface area contributed by atoms with Crippen LogP contribution in [-0.4, -0.2) is 57.7 Å². The molecule has 1 aliphatic heterocycles. The molecule has 0 bridgehead atoms. The summed E-state index contributed by atoms with van der Waals surface area (Å²) in [5.74, 6) is 0. The van der Waals surface area contributed by atoms with Crippen LogP contribution in [0.4, 0.5) is 5.69 Å². The lowest BCUT2D eigenvalue weighted by Gasteiger charge is -2.40. The van der Waals surface area contributed by atoms with E-state index in [2.05, 4.69) is 5.32 Å². The van der Waals surface area contributed by atoms with E-state index in [0.29, 0.717) is 10.7 Å². The van der Waals surface area contributed by atoms with Crippen LogP contribution in [-0.2, 0) is 4.74 Å². The van der Waals surface area contributed by atoms with E-state index in [1.165, 1.54) is 0 Å². The molecular weight excluding hydrogens is 274 g/mol. The maximum atomic E-state index is 9.84. The molecule has 0 aromatic heterocycles. The molecule has 1 aliphatic rings. The number of nitrogens with one attached hydrogen (secondary N) is 1. The van der Waals surface area contributed by atoms with Crippen LogP contribution in [0.15, 0.2) is 24.3 Å². The topological polar surface area (TPSA) is 102 Å². The van der Waals surface area contributed by atoms with Crippen LogP contribution in [0.5, 0.6) is 0 Å². The molecule has 0 radical (unpaired) electrons. The van der Waals surface area contributed by atoms with E-state index in [-0.39, 0.29) is 0 Å². The average molecular weight is 290 g/mol. The Kier molecular flexibility index (Phi) is 4.62. The first-order valence-electron chi connectivity index (χ1n) is 5.85. The van der Waals surface area contributed by atoms with Crippen molar-refractivity contribution in [1.82, 2.24) is 0 Å². The van der Waals surface area contributed by atoms with Crippen molar-refractivity contribution in [2.75, 3.05) is 11.9 Å². The van der Waals surface area contributed by atoms with Gasteiger partial charge in [-0.3, -0.25) is 0 Å². The van der Waals surface area contributed by atoms with Gasteiger partial charge in [-0.15, -0.1) is 0 Å². The Hall–Kier alpha value is -0.890. The van der Waals surface area contributed by atoms with E-state index in [0.717, 1.165) is 0 Å². The Morgan fingerprint density at radius 3 is 2.53 bits per heavy atom. The van der Waals surface area contributed by atoms with Crippen LogP contribution in [0, 0.1) is 0 Å². The van der Waals surface area contributed by atoms with Crippen LogP contribution in [0.25, 0.3) is 0 Å². The van der Waals surface area contributed by atoms with E-state index in [4.69, 9.17) is 21.4 Å². The van der Waals surface area contributed by atoms with E-state index in [1.54, 1.807) is 24.3 Å². The van der Waals surface area contributed by atoms with Crippen molar-refractivity contribution in [2.45, 2.75) is 30.6 Å². The van der Waals surface area contributed by atoms with Crippen molar-refractivity contribution in [3.05, 3.63) is 29.3 Å². The standard InChI is InChI=1S/C12H16ClNO5/c13-6-2-1-3-7(4-6)14-12-11(18)10(17)9(16)8(5-15)19-12/h1-4,8-12,14-18H,5H2/t8-,9-,10+,11+,12-/m1/s1. The summed E-state index contributed by atoms with van der Waals surface area (Å²) in [6.07, 6.45) is -5.97. The summed E-state index contributed by atoms with van der Waals surface area (Å²) in [6.45, 7) is -0.460. The van der Waals surface area contributed by atoms with Gasteiger partial charge in [0.05, 0.1) is 6.61 Å². The van der Waals surface area contributed by atoms with Gasteiger partial charge in [0.15, 0.2) is 6.23 Å². The smallest absolute Gasteiger partial charge is 0.157 e. The molecule has 1 aromatic carbocycles. The lowest BCUT2D eigenvalue weighted by molar-refractivity contribution is -0.221. The highest BCUT2D eigenvalue weighted by atomic mass is 35.5. The molecule has 19 heavy (non-hydrogen) atoms. The largest absolute Gasteiger partial charge is 0.394 e. The van der Waals surface area contributed by atoms with Crippen molar-refractivity contribution in [3.63, 3.8) is 0 Å². The number of hydrogen-bond acceptors (Lipinski definition) is 6. The van der Waals surface area contributed by atoms with Crippen LogP contribution < -0.4 is 5.32 Å². The summed E-state index contributed by atoms with van der Waals surface area (Å²) >= 11 is 5.83. The van der Waals surface area contributed by atoms with Gasteiger partial charge in [0.25, 0.3) is 0 Å². The maximum Gasteiger partial charge on any atom is 0.157 e. The van der Waals surface area contributed by atoms with Crippen LogP contribution >= 0.6 is 11.6 Å². The Morgan fingerprint density at radius 1 is 1.16 bits per heavy atom. The number of aliphatic hydroxyl groups is 4. The fourth-order valence-electron chi connectivity index (χ4n) is 1.96.